The fourth-order valence-electron chi connectivity index (χ4n) is 1.87. The average Bonchev–Trinajstić information content (AvgIpc) is 2.86. The number of para-hydroxylation sites is 1. The van der Waals surface area contributed by atoms with Crippen molar-refractivity contribution in [2.45, 2.75) is 26.5 Å². The molecule has 1 heterocycles. The molecule has 2 rings (SSSR count). The number of ether oxygens (including phenoxy) is 1. The highest BCUT2D eigenvalue weighted by molar-refractivity contribution is 6.32. The molecule has 0 bridgehead atoms. The van der Waals surface area contributed by atoms with E-state index in [1.165, 1.54) is 6.33 Å². The Morgan fingerprint density at radius 2 is 2.26 bits per heavy atom. The Labute approximate surface area is 117 Å². The lowest BCUT2D eigenvalue weighted by Crippen LogP contribution is -2.09. The van der Waals surface area contributed by atoms with Crippen LogP contribution >= 0.6 is 11.6 Å². The van der Waals surface area contributed by atoms with Gasteiger partial charge in [-0.1, -0.05) is 23.7 Å². The summed E-state index contributed by atoms with van der Waals surface area (Å²) in [4.78, 5) is 4.17. The molecule has 0 spiro atoms. The minimum atomic E-state index is 0.342. The fourth-order valence-corrected chi connectivity index (χ4v) is 2.12. The molecular weight excluding hydrogens is 264 g/mol. The summed E-state index contributed by atoms with van der Waals surface area (Å²) in [6.07, 6.45) is 2.26. The number of nitrogens with zero attached hydrogens (tertiary/aromatic N) is 3. The van der Waals surface area contributed by atoms with Gasteiger partial charge in [0.15, 0.2) is 5.82 Å². The second-order valence-corrected chi connectivity index (χ2v) is 4.45. The number of nitrogens with two attached hydrogens (primary N) is 1. The van der Waals surface area contributed by atoms with Gasteiger partial charge in [0.25, 0.3) is 0 Å². The first-order chi connectivity index (χ1) is 9.26. The Hall–Kier alpha value is -1.59. The third kappa shape index (κ3) is 3.24. The quantitative estimate of drug-likeness (QED) is 0.879. The molecule has 2 aromatic rings. The van der Waals surface area contributed by atoms with Crippen LogP contribution in [0.1, 0.15) is 18.3 Å². The molecule has 0 unspecified atom stereocenters. The molecule has 0 aliphatic carbocycles. The number of aromatic nitrogens is 3. The zero-order chi connectivity index (χ0) is 13.7. The SMILES string of the molecule is CCn1ncnc1COc1c(Cl)cccc1CCN. The molecule has 0 aliphatic rings. The minimum Gasteiger partial charge on any atom is -0.484 e. The minimum absolute atomic E-state index is 0.342. The van der Waals surface area contributed by atoms with E-state index < -0.39 is 0 Å². The third-order valence-corrected chi connectivity index (χ3v) is 3.10. The van der Waals surface area contributed by atoms with E-state index in [4.69, 9.17) is 22.1 Å². The van der Waals surface area contributed by atoms with E-state index >= 15 is 0 Å². The molecule has 102 valence electrons. The lowest BCUT2D eigenvalue weighted by Gasteiger charge is -2.12. The van der Waals surface area contributed by atoms with Crippen LogP contribution in [0.2, 0.25) is 5.02 Å². The maximum absolute atomic E-state index is 6.17. The van der Waals surface area contributed by atoms with Crippen molar-refractivity contribution < 1.29 is 4.74 Å². The molecule has 1 aromatic carbocycles. The van der Waals surface area contributed by atoms with Gasteiger partial charge in [0.2, 0.25) is 0 Å². The average molecular weight is 281 g/mol. The monoisotopic (exact) mass is 280 g/mol. The Morgan fingerprint density at radius 1 is 1.42 bits per heavy atom. The Balaban J connectivity index is 2.15. The standard InChI is InChI=1S/C13H17ClN4O/c1-2-18-12(16-9-17-18)8-19-13-10(6-7-15)4-3-5-11(13)14/h3-5,9H,2,6-8,15H2,1H3. The molecule has 0 aliphatic heterocycles. The van der Waals surface area contributed by atoms with Crippen molar-refractivity contribution in [1.29, 1.82) is 0 Å². The molecule has 0 atom stereocenters. The van der Waals surface area contributed by atoms with Crippen molar-refractivity contribution in [2.24, 2.45) is 5.73 Å². The van der Waals surface area contributed by atoms with Crippen LogP contribution in [0.5, 0.6) is 5.75 Å². The molecule has 0 saturated carbocycles. The first-order valence-corrected chi connectivity index (χ1v) is 6.61. The molecule has 0 fully saturated rings. The van der Waals surface area contributed by atoms with Gasteiger partial charge in [-0.15, -0.1) is 0 Å². The zero-order valence-electron chi connectivity index (χ0n) is 10.8. The van der Waals surface area contributed by atoms with Crippen LogP contribution in [-0.4, -0.2) is 21.3 Å². The van der Waals surface area contributed by atoms with Crippen LogP contribution in [0.25, 0.3) is 0 Å². The van der Waals surface area contributed by atoms with Gasteiger partial charge < -0.3 is 10.5 Å². The van der Waals surface area contributed by atoms with Crippen molar-refractivity contribution in [1.82, 2.24) is 14.8 Å². The van der Waals surface area contributed by atoms with Crippen LogP contribution in [0.15, 0.2) is 24.5 Å². The van der Waals surface area contributed by atoms with Gasteiger partial charge in [-0.05, 0) is 31.5 Å². The molecule has 0 saturated heterocycles. The van der Waals surface area contributed by atoms with Crippen LogP contribution in [-0.2, 0) is 19.6 Å². The van der Waals surface area contributed by atoms with Gasteiger partial charge >= 0.3 is 0 Å². The fraction of sp³-hybridized carbons (Fsp3) is 0.385. The smallest absolute Gasteiger partial charge is 0.164 e. The zero-order valence-corrected chi connectivity index (χ0v) is 11.6. The predicted molar refractivity (Wildman–Crippen MR) is 74.2 cm³/mol. The van der Waals surface area contributed by atoms with E-state index in [1.807, 2.05) is 19.1 Å². The molecule has 6 heteroatoms. The number of rotatable bonds is 6. The van der Waals surface area contributed by atoms with Gasteiger partial charge in [-0.3, -0.25) is 0 Å². The highest BCUT2D eigenvalue weighted by atomic mass is 35.5. The maximum Gasteiger partial charge on any atom is 0.164 e. The lowest BCUT2D eigenvalue weighted by atomic mass is 10.1. The summed E-state index contributed by atoms with van der Waals surface area (Å²) in [6.45, 7) is 3.67. The molecule has 1 aromatic heterocycles. The summed E-state index contributed by atoms with van der Waals surface area (Å²) >= 11 is 6.17. The Kier molecular flexibility index (Phi) is 4.76. The van der Waals surface area contributed by atoms with Gasteiger partial charge in [-0.2, -0.15) is 5.10 Å². The number of benzene rings is 1. The van der Waals surface area contributed by atoms with Crippen molar-refractivity contribution in [3.8, 4) is 5.75 Å². The van der Waals surface area contributed by atoms with E-state index in [0.29, 0.717) is 23.9 Å². The Bertz CT molecular complexity index is 541. The molecule has 0 radical (unpaired) electrons. The molecule has 2 N–H and O–H groups in total. The molecular formula is C13H17ClN4O. The second-order valence-electron chi connectivity index (χ2n) is 4.05. The van der Waals surface area contributed by atoms with Gasteiger partial charge in [0.1, 0.15) is 18.7 Å². The Morgan fingerprint density at radius 3 is 3.00 bits per heavy atom. The molecule has 0 amide bonds. The van der Waals surface area contributed by atoms with Crippen molar-refractivity contribution >= 4 is 11.6 Å². The first-order valence-electron chi connectivity index (χ1n) is 6.23. The topological polar surface area (TPSA) is 66.0 Å². The lowest BCUT2D eigenvalue weighted by molar-refractivity contribution is 0.284. The summed E-state index contributed by atoms with van der Waals surface area (Å²) in [5.41, 5.74) is 6.60. The van der Waals surface area contributed by atoms with Crippen molar-refractivity contribution in [2.75, 3.05) is 6.54 Å². The van der Waals surface area contributed by atoms with E-state index in [9.17, 15) is 0 Å². The summed E-state index contributed by atoms with van der Waals surface area (Å²) < 4.78 is 7.59. The summed E-state index contributed by atoms with van der Waals surface area (Å²) in [5.74, 6) is 1.46. The van der Waals surface area contributed by atoms with E-state index in [2.05, 4.69) is 10.1 Å². The van der Waals surface area contributed by atoms with Crippen LogP contribution in [0.3, 0.4) is 0 Å². The van der Waals surface area contributed by atoms with Crippen LogP contribution < -0.4 is 10.5 Å². The van der Waals surface area contributed by atoms with Crippen molar-refractivity contribution in [3.63, 3.8) is 0 Å². The van der Waals surface area contributed by atoms with E-state index in [0.717, 1.165) is 24.4 Å². The van der Waals surface area contributed by atoms with E-state index in [1.54, 1.807) is 10.7 Å². The van der Waals surface area contributed by atoms with Crippen LogP contribution in [0.4, 0.5) is 0 Å². The van der Waals surface area contributed by atoms with Gasteiger partial charge in [0, 0.05) is 6.54 Å². The number of halogens is 1. The molecule has 19 heavy (non-hydrogen) atoms. The number of hydrogen-bond acceptors (Lipinski definition) is 4. The normalized spacial score (nSPS) is 10.7. The summed E-state index contributed by atoms with van der Waals surface area (Å²) in [7, 11) is 0. The summed E-state index contributed by atoms with van der Waals surface area (Å²) in [5, 5.41) is 4.69. The second kappa shape index (κ2) is 6.54. The third-order valence-electron chi connectivity index (χ3n) is 2.80. The maximum atomic E-state index is 6.17. The van der Waals surface area contributed by atoms with E-state index in [-0.39, 0.29) is 0 Å². The van der Waals surface area contributed by atoms with Crippen molar-refractivity contribution in [3.05, 3.63) is 40.9 Å². The first kappa shape index (κ1) is 13.8. The van der Waals surface area contributed by atoms with Gasteiger partial charge in [0.05, 0.1) is 5.02 Å². The number of hydrogen-bond donors (Lipinski definition) is 1. The predicted octanol–water partition coefficient (Wildman–Crippen LogP) is 2.03. The molecule has 5 nitrogen and oxygen atoms in total. The highest BCUT2D eigenvalue weighted by Crippen LogP contribution is 2.29. The number of aryl methyl sites for hydroxylation is 1. The van der Waals surface area contributed by atoms with Crippen LogP contribution in [0, 0.1) is 0 Å². The highest BCUT2D eigenvalue weighted by Gasteiger charge is 2.10. The largest absolute Gasteiger partial charge is 0.484 e. The van der Waals surface area contributed by atoms with Gasteiger partial charge in [-0.25, -0.2) is 9.67 Å². The summed E-state index contributed by atoms with van der Waals surface area (Å²) in [6, 6.07) is 5.68.